The molecule has 6 rings (SSSR count). The molecule has 1 saturated heterocycles. The van der Waals surface area contributed by atoms with Crippen LogP contribution in [0.15, 0.2) is 59.1 Å². The molecule has 0 bridgehead atoms. The number of pyridine rings is 1. The average molecular weight is 564 g/mol. The van der Waals surface area contributed by atoms with Gasteiger partial charge in [0.2, 0.25) is 0 Å². The smallest absolute Gasteiger partial charge is 0.477 e. The summed E-state index contributed by atoms with van der Waals surface area (Å²) in [5.41, 5.74) is 3.08. The molecule has 7 nitrogen and oxygen atoms in total. The number of carboxylic acids is 1. The number of rotatable bonds is 7. The second-order valence-corrected chi connectivity index (χ2v) is 10.6. The van der Waals surface area contributed by atoms with Gasteiger partial charge in [-0.3, -0.25) is 0 Å². The number of aryl methyl sites for hydroxylation is 1. The van der Waals surface area contributed by atoms with Crippen LogP contribution in [0.3, 0.4) is 0 Å². The molecule has 4 aromatic rings. The van der Waals surface area contributed by atoms with Crippen molar-refractivity contribution in [1.29, 1.82) is 0 Å². The summed E-state index contributed by atoms with van der Waals surface area (Å²) in [7, 11) is 0. The highest BCUT2D eigenvalue weighted by Crippen LogP contribution is 2.46. The van der Waals surface area contributed by atoms with Gasteiger partial charge in [-0.1, -0.05) is 35.5 Å². The fourth-order valence-corrected chi connectivity index (χ4v) is 5.47. The normalized spacial score (nSPS) is 16.5. The zero-order valence-corrected chi connectivity index (χ0v) is 22.3. The van der Waals surface area contributed by atoms with Gasteiger partial charge < -0.3 is 19.3 Å². The molecule has 1 N–H and O–H groups in total. The molecule has 2 aromatic carbocycles. The second-order valence-electron chi connectivity index (χ2n) is 10.6. The van der Waals surface area contributed by atoms with Crippen LogP contribution in [-0.4, -0.2) is 40.7 Å². The van der Waals surface area contributed by atoms with E-state index in [1.807, 2.05) is 25.1 Å². The number of anilines is 1. The van der Waals surface area contributed by atoms with Crippen molar-refractivity contribution < 1.29 is 32.3 Å². The maximum absolute atomic E-state index is 13.1. The lowest BCUT2D eigenvalue weighted by atomic mass is 9.94. The van der Waals surface area contributed by atoms with Crippen molar-refractivity contribution in [3.8, 4) is 17.0 Å². The van der Waals surface area contributed by atoms with Crippen molar-refractivity contribution in [3.63, 3.8) is 0 Å². The number of carboxylic acid groups (broad SMARTS) is 1. The summed E-state index contributed by atoms with van der Waals surface area (Å²) < 4.78 is 49.1. The Hall–Kier alpha value is -4.34. The highest BCUT2D eigenvalue weighted by Gasteiger charge is 2.35. The van der Waals surface area contributed by atoms with E-state index in [1.165, 1.54) is 12.1 Å². The monoisotopic (exact) mass is 563 g/mol. The van der Waals surface area contributed by atoms with Gasteiger partial charge in [0.1, 0.15) is 22.9 Å². The van der Waals surface area contributed by atoms with Gasteiger partial charge in [-0.2, -0.15) is 0 Å². The number of piperidine rings is 1. The van der Waals surface area contributed by atoms with E-state index in [0.717, 1.165) is 55.2 Å². The Kier molecular flexibility index (Phi) is 6.93. The molecule has 2 aliphatic rings. The van der Waals surface area contributed by atoms with E-state index < -0.39 is 12.3 Å². The third-order valence-electron chi connectivity index (χ3n) is 7.74. The van der Waals surface area contributed by atoms with Crippen molar-refractivity contribution in [3.05, 3.63) is 77.3 Å². The average Bonchev–Trinajstić information content (AvgIpc) is 3.70. The van der Waals surface area contributed by atoms with Crippen molar-refractivity contribution in [2.75, 3.05) is 18.0 Å². The van der Waals surface area contributed by atoms with Gasteiger partial charge in [0, 0.05) is 46.9 Å². The number of hydrogen-bond acceptors (Lipinski definition) is 6. The molecular weight excluding hydrogens is 535 g/mol. The van der Waals surface area contributed by atoms with Crippen molar-refractivity contribution >= 4 is 28.5 Å². The standard InChI is InChI=1S/C31H28F3N3O4/c1-18-25-17-22(10-9-21(25)16-26(35-18)30(38)39)37-14-12-19(13-15-37)6-11-24-28(36-41-29(24)20-7-8-20)23-4-2-3-5-27(23)40-31(32,33)34/h2-6,9-11,16-17,19-20H,7-8,12-15H2,1H3,(H,38,39)/b11-6+. The minimum Gasteiger partial charge on any atom is -0.477 e. The molecule has 0 atom stereocenters. The lowest BCUT2D eigenvalue weighted by Gasteiger charge is -2.32. The third kappa shape index (κ3) is 5.77. The first-order chi connectivity index (χ1) is 19.7. The third-order valence-corrected chi connectivity index (χ3v) is 7.74. The molecule has 212 valence electrons. The molecule has 41 heavy (non-hydrogen) atoms. The van der Waals surface area contributed by atoms with Crippen LogP contribution in [0.4, 0.5) is 18.9 Å². The van der Waals surface area contributed by atoms with Gasteiger partial charge in [0.05, 0.1) is 0 Å². The molecular formula is C31H28F3N3O4. The fraction of sp³-hybridized carbons (Fsp3) is 0.323. The van der Waals surface area contributed by atoms with E-state index in [-0.39, 0.29) is 28.8 Å². The van der Waals surface area contributed by atoms with Crippen LogP contribution in [0.25, 0.3) is 28.1 Å². The molecule has 0 unspecified atom stereocenters. The van der Waals surface area contributed by atoms with Gasteiger partial charge in [0.25, 0.3) is 0 Å². The highest BCUT2D eigenvalue weighted by molar-refractivity contribution is 5.94. The van der Waals surface area contributed by atoms with Crippen LogP contribution in [0, 0.1) is 12.8 Å². The first kappa shape index (κ1) is 26.9. The van der Waals surface area contributed by atoms with Gasteiger partial charge in [-0.15, -0.1) is 13.2 Å². The maximum Gasteiger partial charge on any atom is 0.573 e. The topological polar surface area (TPSA) is 88.7 Å². The number of benzene rings is 2. The Labute approximate surface area is 234 Å². The highest BCUT2D eigenvalue weighted by atomic mass is 19.4. The molecule has 1 aliphatic carbocycles. The van der Waals surface area contributed by atoms with Crippen LogP contribution in [0.2, 0.25) is 0 Å². The Morgan fingerprint density at radius 2 is 1.85 bits per heavy atom. The fourth-order valence-electron chi connectivity index (χ4n) is 5.47. The minimum absolute atomic E-state index is 0.0348. The summed E-state index contributed by atoms with van der Waals surface area (Å²) in [6, 6.07) is 13.6. The lowest BCUT2D eigenvalue weighted by Crippen LogP contribution is -2.33. The quantitative estimate of drug-likeness (QED) is 0.248. The van der Waals surface area contributed by atoms with Gasteiger partial charge in [-0.25, -0.2) is 9.78 Å². The van der Waals surface area contributed by atoms with E-state index in [1.54, 1.807) is 18.2 Å². The van der Waals surface area contributed by atoms with Crippen LogP contribution in [0.1, 0.15) is 59.1 Å². The van der Waals surface area contributed by atoms with Gasteiger partial charge in [0.15, 0.2) is 0 Å². The van der Waals surface area contributed by atoms with Crippen molar-refractivity contribution in [1.82, 2.24) is 10.1 Å². The number of aromatic carboxylic acids is 1. The zero-order chi connectivity index (χ0) is 28.7. The summed E-state index contributed by atoms with van der Waals surface area (Å²) in [5.74, 6) is -0.133. The number of nitrogens with zero attached hydrogens (tertiary/aromatic N) is 3. The number of hydrogen-bond donors (Lipinski definition) is 1. The van der Waals surface area contributed by atoms with Crippen LogP contribution in [0.5, 0.6) is 5.75 Å². The van der Waals surface area contributed by atoms with E-state index >= 15 is 0 Å². The van der Waals surface area contributed by atoms with Crippen molar-refractivity contribution in [2.24, 2.45) is 5.92 Å². The second kappa shape index (κ2) is 10.6. The van der Waals surface area contributed by atoms with Crippen LogP contribution < -0.4 is 9.64 Å². The summed E-state index contributed by atoms with van der Waals surface area (Å²) in [4.78, 5) is 17.9. The minimum atomic E-state index is -4.81. The molecule has 1 aliphatic heterocycles. The number of carbonyl (C=O) groups is 1. The number of para-hydroxylation sites is 1. The van der Waals surface area contributed by atoms with E-state index in [4.69, 9.17) is 4.52 Å². The number of allylic oxidation sites excluding steroid dienone is 1. The van der Waals surface area contributed by atoms with E-state index in [0.29, 0.717) is 22.7 Å². The molecule has 2 fully saturated rings. The molecule has 0 spiro atoms. The molecule has 10 heteroatoms. The van der Waals surface area contributed by atoms with Gasteiger partial charge in [-0.05, 0) is 74.2 Å². The first-order valence-electron chi connectivity index (χ1n) is 13.6. The lowest BCUT2D eigenvalue weighted by molar-refractivity contribution is -0.274. The summed E-state index contributed by atoms with van der Waals surface area (Å²) in [6.45, 7) is 3.47. The molecule has 2 aromatic heterocycles. The van der Waals surface area contributed by atoms with Gasteiger partial charge >= 0.3 is 12.3 Å². The molecule has 0 radical (unpaired) electrons. The largest absolute Gasteiger partial charge is 0.573 e. The maximum atomic E-state index is 13.1. The number of aromatic nitrogens is 2. The molecule has 3 heterocycles. The van der Waals surface area contributed by atoms with E-state index in [2.05, 4.69) is 31.9 Å². The predicted octanol–water partition coefficient (Wildman–Crippen LogP) is 7.60. The Bertz CT molecular complexity index is 1630. The van der Waals surface area contributed by atoms with Crippen LogP contribution in [-0.2, 0) is 0 Å². The van der Waals surface area contributed by atoms with Crippen molar-refractivity contribution in [2.45, 2.75) is 44.9 Å². The number of fused-ring (bicyclic) bond motifs is 1. The molecule has 0 amide bonds. The Morgan fingerprint density at radius 3 is 2.56 bits per heavy atom. The summed E-state index contributed by atoms with van der Waals surface area (Å²) >= 11 is 0. The van der Waals surface area contributed by atoms with E-state index in [9.17, 15) is 23.1 Å². The number of ether oxygens (including phenoxy) is 1. The first-order valence-corrected chi connectivity index (χ1v) is 13.6. The summed E-state index contributed by atoms with van der Waals surface area (Å²) in [5, 5.41) is 15.2. The summed E-state index contributed by atoms with van der Waals surface area (Å²) in [6.07, 6.45) is 2.99. The number of halogens is 3. The SMILES string of the molecule is Cc1nc(C(=O)O)cc2ccc(N3CCC(/C=C/c4c(-c5ccccc5OC(F)(F)F)noc4C4CC4)CC3)cc12. The predicted molar refractivity (Wildman–Crippen MR) is 148 cm³/mol. The number of alkyl halides is 3. The zero-order valence-electron chi connectivity index (χ0n) is 22.3. The van der Waals surface area contributed by atoms with Crippen LogP contribution >= 0.6 is 0 Å². The Morgan fingerprint density at radius 1 is 1.10 bits per heavy atom. The Balaban J connectivity index is 1.20. The molecule has 1 saturated carbocycles.